The third-order valence-corrected chi connectivity index (χ3v) is 5.22. The molecule has 2 saturated heterocycles. The minimum absolute atomic E-state index is 0.165. The average molecular weight is 363 g/mol. The molecule has 2 aromatic rings. The molecule has 2 aliphatic rings. The second-order valence-electron chi connectivity index (χ2n) is 6.98. The number of halogens is 3. The predicted molar refractivity (Wildman–Crippen MR) is 90.7 cm³/mol. The Morgan fingerprint density at radius 1 is 0.962 bits per heavy atom. The molecule has 1 aromatic heterocycles. The molecule has 138 valence electrons. The lowest BCUT2D eigenvalue weighted by Gasteiger charge is -2.42. The van der Waals surface area contributed by atoms with Crippen molar-refractivity contribution >= 4 is 0 Å². The first-order valence-electron chi connectivity index (χ1n) is 8.89. The topological polar surface area (TPSA) is 38.2 Å². The van der Waals surface area contributed by atoms with E-state index < -0.39 is 11.7 Å². The first-order valence-corrected chi connectivity index (χ1v) is 8.89. The standard InChI is InChI=1S/C19H20F3N3O/c20-19(21,22)15-5-3-13(4-6-15)16-7-8-18(24-23-16)26-17-9-11-25-10-1-2-14(17)12-25/h3-8,14,17H,1-2,9-12H2/t14-,17-/m0/s1. The summed E-state index contributed by atoms with van der Waals surface area (Å²) in [7, 11) is 0. The second kappa shape index (κ2) is 6.87. The van der Waals surface area contributed by atoms with Crippen LogP contribution in [-0.4, -0.2) is 40.8 Å². The van der Waals surface area contributed by atoms with Gasteiger partial charge in [-0.2, -0.15) is 13.2 Å². The smallest absolute Gasteiger partial charge is 0.416 e. The summed E-state index contributed by atoms with van der Waals surface area (Å²) < 4.78 is 44.0. The summed E-state index contributed by atoms with van der Waals surface area (Å²) in [5.41, 5.74) is 0.448. The van der Waals surface area contributed by atoms with E-state index in [0.29, 0.717) is 23.1 Å². The van der Waals surface area contributed by atoms with Crippen LogP contribution in [0.1, 0.15) is 24.8 Å². The van der Waals surface area contributed by atoms with Gasteiger partial charge in [0.05, 0.1) is 11.3 Å². The van der Waals surface area contributed by atoms with Crippen molar-refractivity contribution in [3.63, 3.8) is 0 Å². The van der Waals surface area contributed by atoms with Crippen LogP contribution in [0.15, 0.2) is 36.4 Å². The first kappa shape index (κ1) is 17.3. The lowest BCUT2D eigenvalue weighted by atomic mass is 9.87. The molecule has 0 spiro atoms. The zero-order chi connectivity index (χ0) is 18.1. The van der Waals surface area contributed by atoms with Gasteiger partial charge in [-0.1, -0.05) is 12.1 Å². The Kier molecular flexibility index (Phi) is 4.56. The molecular weight excluding hydrogens is 343 g/mol. The molecule has 0 saturated carbocycles. The molecule has 4 nitrogen and oxygen atoms in total. The quantitative estimate of drug-likeness (QED) is 0.825. The molecule has 0 aliphatic carbocycles. The zero-order valence-corrected chi connectivity index (χ0v) is 14.2. The van der Waals surface area contributed by atoms with Gasteiger partial charge in [-0.3, -0.25) is 0 Å². The summed E-state index contributed by atoms with van der Waals surface area (Å²) in [4.78, 5) is 2.48. The number of rotatable bonds is 3. The fourth-order valence-electron chi connectivity index (χ4n) is 3.82. The Balaban J connectivity index is 1.43. The molecule has 3 heterocycles. The highest BCUT2D eigenvalue weighted by Gasteiger charge is 2.33. The van der Waals surface area contributed by atoms with E-state index >= 15 is 0 Å². The van der Waals surface area contributed by atoms with E-state index in [1.165, 1.54) is 31.5 Å². The van der Waals surface area contributed by atoms with Crippen molar-refractivity contribution in [3.05, 3.63) is 42.0 Å². The summed E-state index contributed by atoms with van der Waals surface area (Å²) in [6.07, 6.45) is -0.789. The van der Waals surface area contributed by atoms with E-state index in [1.54, 1.807) is 12.1 Å². The van der Waals surface area contributed by atoms with E-state index in [2.05, 4.69) is 15.1 Å². The number of ether oxygens (including phenoxy) is 1. The third-order valence-electron chi connectivity index (χ3n) is 5.22. The SMILES string of the molecule is FC(F)(F)c1ccc(-c2ccc(O[C@H]3CCN4CCC[C@H]3C4)nn2)cc1. The molecule has 0 radical (unpaired) electrons. The molecule has 2 bridgehead atoms. The maximum absolute atomic E-state index is 12.6. The van der Waals surface area contributed by atoms with Gasteiger partial charge in [0.2, 0.25) is 5.88 Å². The van der Waals surface area contributed by atoms with Gasteiger partial charge >= 0.3 is 6.18 Å². The van der Waals surface area contributed by atoms with Crippen molar-refractivity contribution in [2.75, 3.05) is 19.6 Å². The number of hydrogen-bond donors (Lipinski definition) is 0. The molecule has 0 N–H and O–H groups in total. The predicted octanol–water partition coefficient (Wildman–Crippen LogP) is 4.03. The molecule has 0 amide bonds. The maximum Gasteiger partial charge on any atom is 0.416 e. The van der Waals surface area contributed by atoms with Crippen LogP contribution in [0.5, 0.6) is 5.88 Å². The van der Waals surface area contributed by atoms with Crippen LogP contribution in [0.25, 0.3) is 11.3 Å². The van der Waals surface area contributed by atoms with Gasteiger partial charge in [-0.25, -0.2) is 0 Å². The fourth-order valence-corrected chi connectivity index (χ4v) is 3.82. The normalized spacial score (nSPS) is 25.7. The van der Waals surface area contributed by atoms with E-state index in [0.717, 1.165) is 31.6 Å². The highest BCUT2D eigenvalue weighted by atomic mass is 19.4. The van der Waals surface area contributed by atoms with Crippen molar-refractivity contribution in [3.8, 4) is 17.1 Å². The number of benzene rings is 1. The number of fused-ring (bicyclic) bond motifs is 2. The largest absolute Gasteiger partial charge is 0.473 e. The van der Waals surface area contributed by atoms with Crippen molar-refractivity contribution < 1.29 is 17.9 Å². The Hall–Kier alpha value is -2.15. The molecule has 1 aromatic carbocycles. The fraction of sp³-hybridized carbons (Fsp3) is 0.474. The Bertz CT molecular complexity index is 746. The lowest BCUT2D eigenvalue weighted by Crippen LogP contribution is -2.49. The van der Waals surface area contributed by atoms with Crippen LogP contribution in [0, 0.1) is 5.92 Å². The van der Waals surface area contributed by atoms with E-state index in [1.807, 2.05) is 0 Å². The first-order chi connectivity index (χ1) is 12.5. The van der Waals surface area contributed by atoms with Gasteiger partial charge in [0.15, 0.2) is 0 Å². The average Bonchev–Trinajstić information content (AvgIpc) is 2.64. The molecular formula is C19H20F3N3O. The molecule has 1 unspecified atom stereocenters. The summed E-state index contributed by atoms with van der Waals surface area (Å²) in [6, 6.07) is 8.41. The van der Waals surface area contributed by atoms with Crippen LogP contribution in [0.3, 0.4) is 0 Å². The number of piperidine rings is 2. The molecule has 4 rings (SSSR count). The Labute approximate surface area is 150 Å². The molecule has 26 heavy (non-hydrogen) atoms. The van der Waals surface area contributed by atoms with Crippen molar-refractivity contribution in [2.45, 2.75) is 31.5 Å². The maximum atomic E-state index is 12.6. The Morgan fingerprint density at radius 3 is 2.46 bits per heavy atom. The van der Waals surface area contributed by atoms with Crippen LogP contribution >= 0.6 is 0 Å². The minimum Gasteiger partial charge on any atom is -0.473 e. The van der Waals surface area contributed by atoms with Gasteiger partial charge in [-0.05, 0) is 44.0 Å². The van der Waals surface area contributed by atoms with Crippen molar-refractivity contribution in [1.29, 1.82) is 0 Å². The lowest BCUT2D eigenvalue weighted by molar-refractivity contribution is -0.137. The second-order valence-corrected chi connectivity index (χ2v) is 6.98. The summed E-state index contributed by atoms with van der Waals surface area (Å²) in [5, 5.41) is 8.24. The van der Waals surface area contributed by atoms with E-state index in [-0.39, 0.29) is 6.10 Å². The summed E-state index contributed by atoms with van der Waals surface area (Å²) >= 11 is 0. The van der Waals surface area contributed by atoms with Gasteiger partial charge in [0.25, 0.3) is 0 Å². The molecule has 2 aliphatic heterocycles. The van der Waals surface area contributed by atoms with Crippen molar-refractivity contribution in [1.82, 2.24) is 15.1 Å². The van der Waals surface area contributed by atoms with Crippen LogP contribution < -0.4 is 4.74 Å². The minimum atomic E-state index is -4.34. The van der Waals surface area contributed by atoms with Crippen LogP contribution in [-0.2, 0) is 6.18 Å². The number of alkyl halides is 3. The third kappa shape index (κ3) is 3.67. The molecule has 3 atom stereocenters. The molecule has 7 heteroatoms. The van der Waals surface area contributed by atoms with E-state index in [4.69, 9.17) is 4.74 Å². The highest BCUT2D eigenvalue weighted by molar-refractivity contribution is 5.59. The van der Waals surface area contributed by atoms with Crippen molar-refractivity contribution in [2.24, 2.45) is 5.92 Å². The van der Waals surface area contributed by atoms with Crippen LogP contribution in [0.2, 0.25) is 0 Å². The van der Waals surface area contributed by atoms with Gasteiger partial charge in [0.1, 0.15) is 6.10 Å². The van der Waals surface area contributed by atoms with E-state index in [9.17, 15) is 13.2 Å². The van der Waals surface area contributed by atoms with Gasteiger partial charge in [-0.15, -0.1) is 10.2 Å². The zero-order valence-electron chi connectivity index (χ0n) is 14.2. The summed E-state index contributed by atoms with van der Waals surface area (Å²) in [6.45, 7) is 3.32. The summed E-state index contributed by atoms with van der Waals surface area (Å²) in [5.74, 6) is 1.01. The monoisotopic (exact) mass is 363 g/mol. The number of nitrogens with zero attached hydrogens (tertiary/aromatic N) is 3. The highest BCUT2D eigenvalue weighted by Crippen LogP contribution is 2.31. The molecule has 2 fully saturated rings. The Morgan fingerprint density at radius 2 is 1.77 bits per heavy atom. The van der Waals surface area contributed by atoms with Gasteiger partial charge in [0, 0.05) is 30.6 Å². The number of aromatic nitrogens is 2. The van der Waals surface area contributed by atoms with Gasteiger partial charge < -0.3 is 9.64 Å². The number of hydrogen-bond acceptors (Lipinski definition) is 4. The van der Waals surface area contributed by atoms with Crippen LogP contribution in [0.4, 0.5) is 13.2 Å².